The Bertz CT molecular complexity index is 945. The molecule has 2 atom stereocenters. The van der Waals surface area contributed by atoms with Gasteiger partial charge in [0.05, 0.1) is 4.90 Å². The molecule has 0 aromatic heterocycles. The minimum absolute atomic E-state index is 0.000804. The molecule has 0 spiro atoms. The van der Waals surface area contributed by atoms with E-state index in [0.29, 0.717) is 5.56 Å². The lowest BCUT2D eigenvalue weighted by Gasteiger charge is -2.18. The molecule has 0 bridgehead atoms. The van der Waals surface area contributed by atoms with Crippen LogP contribution in [0.5, 0.6) is 0 Å². The fourth-order valence-corrected chi connectivity index (χ4v) is 3.46. The first kappa shape index (κ1) is 26.7. The molecule has 0 saturated heterocycles. The Morgan fingerprint density at radius 3 is 1.66 bits per heavy atom. The number of aliphatic carboxylic acids is 2. The normalized spacial score (nSPS) is 13.2. The monoisotopic (exact) mass is 472 g/mol. The molecule has 4 amide bonds. The van der Waals surface area contributed by atoms with E-state index in [0.717, 1.165) is 0 Å². The van der Waals surface area contributed by atoms with Gasteiger partial charge < -0.3 is 26.2 Å². The molecule has 32 heavy (non-hydrogen) atoms. The van der Waals surface area contributed by atoms with Gasteiger partial charge in [-0.3, -0.25) is 0 Å². The van der Waals surface area contributed by atoms with Crippen molar-refractivity contribution in [2.24, 2.45) is 11.8 Å². The predicted molar refractivity (Wildman–Crippen MR) is 113 cm³/mol. The molecule has 0 fully saturated rings. The first-order chi connectivity index (χ1) is 14.7. The number of hydrogen-bond acceptors (Lipinski definition) is 6. The van der Waals surface area contributed by atoms with Crippen LogP contribution < -0.4 is 20.7 Å². The Hall–Kier alpha value is -3.35. The van der Waals surface area contributed by atoms with E-state index in [4.69, 9.17) is 10.2 Å². The summed E-state index contributed by atoms with van der Waals surface area (Å²) in [6, 6.07) is 1.02. The number of nitrogens with one attached hydrogen (secondary N) is 4. The van der Waals surface area contributed by atoms with Crippen molar-refractivity contribution in [1.82, 2.24) is 20.7 Å². The first-order valence-corrected chi connectivity index (χ1v) is 11.1. The van der Waals surface area contributed by atoms with Gasteiger partial charge in [0, 0.05) is 6.54 Å². The van der Waals surface area contributed by atoms with Crippen LogP contribution in [0.25, 0.3) is 0 Å². The lowest BCUT2D eigenvalue weighted by atomic mass is 10.1. The summed E-state index contributed by atoms with van der Waals surface area (Å²) in [4.78, 5) is 45.8. The van der Waals surface area contributed by atoms with Crippen molar-refractivity contribution in [3.8, 4) is 0 Å². The van der Waals surface area contributed by atoms with Crippen molar-refractivity contribution >= 4 is 34.0 Å². The van der Waals surface area contributed by atoms with Crippen LogP contribution in [-0.2, 0) is 26.2 Å². The summed E-state index contributed by atoms with van der Waals surface area (Å²) in [5.74, 6) is -3.24. The first-order valence-electron chi connectivity index (χ1n) is 9.66. The SMILES string of the molecule is CC(C)[C@H](NC(=O)NCc1ccc(S(=O)(=O)NC(=O)N[C@H](C(=O)O)C(C)C)cc1)C(=O)O. The number of carbonyl (C=O) groups is 4. The highest BCUT2D eigenvalue weighted by Crippen LogP contribution is 2.11. The number of carboxylic acids is 2. The van der Waals surface area contributed by atoms with E-state index in [1.807, 2.05) is 0 Å². The maximum absolute atomic E-state index is 12.3. The second-order valence-corrected chi connectivity index (χ2v) is 9.35. The van der Waals surface area contributed by atoms with Gasteiger partial charge in [0.15, 0.2) is 0 Å². The number of hydrogen-bond donors (Lipinski definition) is 6. The van der Waals surface area contributed by atoms with Gasteiger partial charge in [-0.1, -0.05) is 39.8 Å². The van der Waals surface area contributed by atoms with Crippen LogP contribution in [0.1, 0.15) is 33.3 Å². The van der Waals surface area contributed by atoms with Crippen molar-refractivity contribution in [2.75, 3.05) is 0 Å². The second-order valence-electron chi connectivity index (χ2n) is 7.67. The molecule has 1 rings (SSSR count). The van der Waals surface area contributed by atoms with E-state index in [-0.39, 0.29) is 17.4 Å². The van der Waals surface area contributed by atoms with Crippen molar-refractivity contribution in [3.63, 3.8) is 0 Å². The van der Waals surface area contributed by atoms with Gasteiger partial charge in [-0.25, -0.2) is 32.3 Å². The van der Waals surface area contributed by atoms with Crippen LogP contribution in [0.2, 0.25) is 0 Å². The van der Waals surface area contributed by atoms with Crippen LogP contribution in [0.4, 0.5) is 9.59 Å². The van der Waals surface area contributed by atoms with Crippen LogP contribution in [-0.4, -0.2) is 54.7 Å². The van der Waals surface area contributed by atoms with Crippen molar-refractivity contribution in [3.05, 3.63) is 29.8 Å². The van der Waals surface area contributed by atoms with Crippen LogP contribution in [0.3, 0.4) is 0 Å². The molecule has 13 heteroatoms. The van der Waals surface area contributed by atoms with E-state index in [2.05, 4.69) is 16.0 Å². The minimum Gasteiger partial charge on any atom is -0.480 e. The van der Waals surface area contributed by atoms with Crippen molar-refractivity contribution in [2.45, 2.75) is 51.2 Å². The van der Waals surface area contributed by atoms with E-state index >= 15 is 0 Å². The zero-order chi connectivity index (χ0) is 24.6. The molecule has 0 aliphatic carbocycles. The smallest absolute Gasteiger partial charge is 0.329 e. The number of urea groups is 2. The fourth-order valence-electron chi connectivity index (χ4n) is 2.54. The van der Waals surface area contributed by atoms with Crippen molar-refractivity contribution in [1.29, 1.82) is 0 Å². The number of carboxylic acid groups (broad SMARTS) is 2. The Balaban J connectivity index is 2.72. The van der Waals surface area contributed by atoms with Crippen LogP contribution >= 0.6 is 0 Å². The number of carbonyl (C=O) groups excluding carboxylic acids is 2. The van der Waals surface area contributed by atoms with Crippen LogP contribution in [0, 0.1) is 11.8 Å². The molecule has 0 aliphatic heterocycles. The summed E-state index contributed by atoms with van der Waals surface area (Å²) in [5, 5.41) is 25.1. The Morgan fingerprint density at radius 1 is 0.812 bits per heavy atom. The third-order valence-corrected chi connectivity index (χ3v) is 5.70. The third kappa shape index (κ3) is 8.06. The molecule has 0 aliphatic rings. The summed E-state index contributed by atoms with van der Waals surface area (Å²) in [6.45, 7) is 6.42. The van der Waals surface area contributed by atoms with Gasteiger partial charge in [-0.05, 0) is 29.5 Å². The summed E-state index contributed by atoms with van der Waals surface area (Å²) in [6.07, 6.45) is 0. The Morgan fingerprint density at radius 2 is 1.25 bits per heavy atom. The van der Waals surface area contributed by atoms with Crippen LogP contribution in [0.15, 0.2) is 29.2 Å². The second kappa shape index (κ2) is 11.3. The largest absolute Gasteiger partial charge is 0.480 e. The number of sulfonamides is 1. The minimum atomic E-state index is -4.26. The van der Waals surface area contributed by atoms with Gasteiger partial charge in [-0.15, -0.1) is 0 Å². The summed E-state index contributed by atoms with van der Waals surface area (Å²) in [5.41, 5.74) is 0.519. The average Bonchev–Trinajstić information content (AvgIpc) is 2.67. The summed E-state index contributed by atoms with van der Waals surface area (Å²) in [7, 11) is -4.26. The maximum Gasteiger partial charge on any atom is 0.329 e. The summed E-state index contributed by atoms with van der Waals surface area (Å²) < 4.78 is 26.4. The zero-order valence-electron chi connectivity index (χ0n) is 18.1. The topological polar surface area (TPSA) is 191 Å². The molecule has 0 saturated carbocycles. The number of amides is 4. The molecule has 178 valence electrons. The molecule has 0 unspecified atom stereocenters. The maximum atomic E-state index is 12.3. The Kier molecular flexibility index (Phi) is 9.44. The molecule has 0 radical (unpaired) electrons. The molecule has 0 heterocycles. The highest BCUT2D eigenvalue weighted by molar-refractivity contribution is 7.90. The number of rotatable bonds is 10. The fraction of sp³-hybridized carbons (Fsp3) is 0.474. The zero-order valence-corrected chi connectivity index (χ0v) is 18.9. The molecule has 12 nitrogen and oxygen atoms in total. The van der Waals surface area contributed by atoms with Gasteiger partial charge in [-0.2, -0.15) is 0 Å². The standard InChI is InChI=1S/C19H28N4O8S/c1-10(2)14(16(24)25)21-18(28)20-9-12-5-7-13(8-6-12)32(30,31)23-19(29)22-15(11(3)4)17(26)27/h5-8,10-11,14-15H,9H2,1-4H3,(H,24,25)(H,26,27)(H2,20,21,28)(H2,22,23,29)/t14-,15-/m0/s1. The summed E-state index contributed by atoms with van der Waals surface area (Å²) >= 11 is 0. The molecule has 6 N–H and O–H groups in total. The van der Waals surface area contributed by atoms with Gasteiger partial charge in [0.2, 0.25) is 0 Å². The number of benzene rings is 1. The van der Waals surface area contributed by atoms with Gasteiger partial charge >= 0.3 is 24.0 Å². The lowest BCUT2D eigenvalue weighted by Crippen LogP contribution is -2.49. The lowest BCUT2D eigenvalue weighted by molar-refractivity contribution is -0.141. The highest BCUT2D eigenvalue weighted by atomic mass is 32.2. The highest BCUT2D eigenvalue weighted by Gasteiger charge is 2.26. The van der Waals surface area contributed by atoms with E-state index in [1.165, 1.54) is 24.3 Å². The molecule has 1 aromatic carbocycles. The third-order valence-electron chi connectivity index (χ3n) is 4.35. The van der Waals surface area contributed by atoms with Gasteiger partial charge in [0.1, 0.15) is 12.1 Å². The average molecular weight is 473 g/mol. The molecular weight excluding hydrogens is 444 g/mol. The van der Waals surface area contributed by atoms with Gasteiger partial charge in [0.25, 0.3) is 10.0 Å². The molecule has 1 aromatic rings. The van der Waals surface area contributed by atoms with E-state index in [1.54, 1.807) is 32.4 Å². The van der Waals surface area contributed by atoms with E-state index in [9.17, 15) is 27.6 Å². The van der Waals surface area contributed by atoms with Crippen molar-refractivity contribution < 1.29 is 37.8 Å². The predicted octanol–water partition coefficient (Wildman–Crippen LogP) is 0.692. The molecular formula is C19H28N4O8S. The van der Waals surface area contributed by atoms with E-state index < -0.39 is 52.0 Å². The Labute approximate surface area is 185 Å². The quantitative estimate of drug-likeness (QED) is 0.286.